The van der Waals surface area contributed by atoms with Gasteiger partial charge in [0.05, 0.1) is 11.3 Å². The highest BCUT2D eigenvalue weighted by Crippen LogP contribution is 2.33. The topological polar surface area (TPSA) is 24.9 Å². The number of benzene rings is 1. The second-order valence-corrected chi connectivity index (χ2v) is 5.80. The molecule has 1 aromatic carbocycles. The third-order valence-corrected chi connectivity index (χ3v) is 3.64. The molecule has 0 aliphatic carbocycles. The average Bonchev–Trinajstić information content (AvgIpc) is 2.31. The van der Waals surface area contributed by atoms with E-state index in [9.17, 15) is 13.2 Å². The molecule has 1 aromatic heterocycles. The van der Waals surface area contributed by atoms with Crippen molar-refractivity contribution in [3.63, 3.8) is 0 Å². The third kappa shape index (κ3) is 3.89. The fraction of sp³-hybridized carbons (Fsp3) is 0.0833. The Hall–Kier alpha value is -0.730. The van der Waals surface area contributed by atoms with Crippen molar-refractivity contribution in [2.24, 2.45) is 0 Å². The van der Waals surface area contributed by atoms with Crippen LogP contribution < -0.4 is 5.32 Å². The lowest BCUT2D eigenvalue weighted by Crippen LogP contribution is -2.07. The van der Waals surface area contributed by atoms with Crippen molar-refractivity contribution in [1.82, 2.24) is 4.98 Å². The molecule has 0 aliphatic rings. The Labute approximate surface area is 136 Å². The highest BCUT2D eigenvalue weighted by molar-refractivity contribution is 14.1. The van der Waals surface area contributed by atoms with Crippen LogP contribution in [0.25, 0.3) is 0 Å². The normalized spacial score (nSPS) is 11.5. The van der Waals surface area contributed by atoms with Gasteiger partial charge >= 0.3 is 6.18 Å². The summed E-state index contributed by atoms with van der Waals surface area (Å²) in [6, 6.07) is 6.64. The van der Waals surface area contributed by atoms with E-state index in [1.807, 2.05) is 22.6 Å². The summed E-state index contributed by atoms with van der Waals surface area (Å²) in [5.41, 5.74) is -0.262. The Morgan fingerprint density at radius 3 is 2.40 bits per heavy atom. The van der Waals surface area contributed by atoms with Crippen molar-refractivity contribution in [3.8, 4) is 0 Å². The molecule has 1 N–H and O–H groups in total. The molecular weight excluding hydrogens is 427 g/mol. The van der Waals surface area contributed by atoms with Crippen LogP contribution in [0.3, 0.4) is 0 Å². The number of nitrogens with zero attached hydrogens (tertiary/aromatic N) is 1. The van der Waals surface area contributed by atoms with E-state index in [1.165, 1.54) is 0 Å². The van der Waals surface area contributed by atoms with Gasteiger partial charge in [0.2, 0.25) is 0 Å². The summed E-state index contributed by atoms with van der Waals surface area (Å²) in [5.74, 6) is 0.0186. The van der Waals surface area contributed by atoms with E-state index in [4.69, 9.17) is 23.2 Å². The lowest BCUT2D eigenvalue weighted by molar-refractivity contribution is -0.137. The van der Waals surface area contributed by atoms with Gasteiger partial charge in [0.1, 0.15) is 11.0 Å². The van der Waals surface area contributed by atoms with Crippen molar-refractivity contribution in [3.05, 3.63) is 49.6 Å². The van der Waals surface area contributed by atoms with E-state index in [2.05, 4.69) is 10.3 Å². The van der Waals surface area contributed by atoms with Crippen LogP contribution in [0.1, 0.15) is 5.56 Å². The van der Waals surface area contributed by atoms with Crippen LogP contribution in [0.4, 0.5) is 24.7 Å². The molecule has 0 radical (unpaired) electrons. The molecule has 8 heteroatoms. The van der Waals surface area contributed by atoms with Crippen molar-refractivity contribution < 1.29 is 13.2 Å². The van der Waals surface area contributed by atoms with Crippen molar-refractivity contribution in [1.29, 1.82) is 0 Å². The number of pyridine rings is 1. The van der Waals surface area contributed by atoms with E-state index in [0.29, 0.717) is 10.7 Å². The fourth-order valence-electron chi connectivity index (χ4n) is 1.45. The molecule has 0 saturated heterocycles. The van der Waals surface area contributed by atoms with E-state index in [-0.39, 0.29) is 11.0 Å². The number of aromatic nitrogens is 1. The predicted octanol–water partition coefficient (Wildman–Crippen LogP) is 5.76. The first kappa shape index (κ1) is 15.7. The maximum absolute atomic E-state index is 12.7. The van der Waals surface area contributed by atoms with Crippen LogP contribution in [0.2, 0.25) is 10.2 Å². The van der Waals surface area contributed by atoms with Gasteiger partial charge < -0.3 is 5.32 Å². The lowest BCUT2D eigenvalue weighted by Gasteiger charge is -2.12. The molecular formula is C12H6Cl2F3IN2. The first-order valence-electron chi connectivity index (χ1n) is 5.22. The van der Waals surface area contributed by atoms with E-state index in [1.54, 1.807) is 18.2 Å². The quantitative estimate of drug-likeness (QED) is 0.482. The van der Waals surface area contributed by atoms with Crippen LogP contribution in [-0.4, -0.2) is 4.98 Å². The average molecular weight is 433 g/mol. The largest absolute Gasteiger partial charge is 0.416 e. The summed E-state index contributed by atoms with van der Waals surface area (Å²) in [7, 11) is 0. The summed E-state index contributed by atoms with van der Waals surface area (Å²) in [5, 5.41) is 3.10. The molecule has 1 heterocycles. The van der Waals surface area contributed by atoms with E-state index < -0.39 is 11.7 Å². The maximum Gasteiger partial charge on any atom is 0.416 e. The smallest absolute Gasteiger partial charge is 0.339 e. The SMILES string of the molecule is FC(F)(F)c1cc(Cl)nc(Nc2ccc(Cl)cc2I)c1. The molecule has 2 aromatic rings. The molecule has 20 heavy (non-hydrogen) atoms. The van der Waals surface area contributed by atoms with Gasteiger partial charge in [-0.25, -0.2) is 4.98 Å². The summed E-state index contributed by atoms with van der Waals surface area (Å²) >= 11 is 13.4. The van der Waals surface area contributed by atoms with Gasteiger partial charge in [-0.2, -0.15) is 13.2 Å². The first-order valence-corrected chi connectivity index (χ1v) is 7.06. The van der Waals surface area contributed by atoms with Gasteiger partial charge in [0.15, 0.2) is 0 Å². The Bertz CT molecular complexity index is 647. The number of alkyl halides is 3. The Balaban J connectivity index is 2.36. The predicted molar refractivity (Wildman–Crippen MR) is 81.7 cm³/mol. The van der Waals surface area contributed by atoms with Crippen LogP contribution in [0, 0.1) is 3.57 Å². The van der Waals surface area contributed by atoms with Gasteiger partial charge in [-0.3, -0.25) is 0 Å². The van der Waals surface area contributed by atoms with Gasteiger partial charge in [-0.1, -0.05) is 23.2 Å². The fourth-order valence-corrected chi connectivity index (χ4v) is 2.67. The molecule has 0 atom stereocenters. The van der Waals surface area contributed by atoms with Crippen molar-refractivity contribution in [2.75, 3.05) is 5.32 Å². The summed E-state index contributed by atoms with van der Waals surface area (Å²) in [4.78, 5) is 3.82. The molecule has 2 rings (SSSR count). The molecule has 0 unspecified atom stereocenters. The molecule has 0 aliphatic heterocycles. The molecule has 0 spiro atoms. The van der Waals surface area contributed by atoms with Gasteiger partial charge in [-0.05, 0) is 52.9 Å². The van der Waals surface area contributed by atoms with Crippen LogP contribution in [0.15, 0.2) is 30.3 Å². The second-order valence-electron chi connectivity index (χ2n) is 3.81. The highest BCUT2D eigenvalue weighted by atomic mass is 127. The number of rotatable bonds is 2. The van der Waals surface area contributed by atoms with Crippen LogP contribution in [-0.2, 0) is 6.18 Å². The summed E-state index contributed by atoms with van der Waals surface area (Å²) in [6.07, 6.45) is -4.48. The van der Waals surface area contributed by atoms with Gasteiger partial charge in [0.25, 0.3) is 0 Å². The minimum absolute atomic E-state index is 0.0186. The van der Waals surface area contributed by atoms with E-state index >= 15 is 0 Å². The summed E-state index contributed by atoms with van der Waals surface area (Å²) < 4.78 is 38.8. The first-order chi connectivity index (χ1) is 9.25. The monoisotopic (exact) mass is 432 g/mol. The molecule has 0 amide bonds. The van der Waals surface area contributed by atoms with E-state index in [0.717, 1.165) is 15.7 Å². The molecule has 106 valence electrons. The van der Waals surface area contributed by atoms with Crippen molar-refractivity contribution >= 4 is 57.3 Å². The second kappa shape index (κ2) is 5.95. The Kier molecular flexibility index (Phi) is 4.66. The third-order valence-electron chi connectivity index (χ3n) is 2.32. The Morgan fingerprint density at radius 2 is 1.80 bits per heavy atom. The standard InChI is InChI=1S/C12H6Cl2F3IN2/c13-7-1-2-9(8(18)5-7)19-11-4-6(12(15,16)17)3-10(14)20-11/h1-5H,(H,19,20). The van der Waals surface area contributed by atoms with Crippen molar-refractivity contribution in [2.45, 2.75) is 6.18 Å². The Morgan fingerprint density at radius 1 is 1.10 bits per heavy atom. The minimum atomic E-state index is -4.48. The molecule has 0 saturated carbocycles. The van der Waals surface area contributed by atoms with Crippen LogP contribution >= 0.6 is 45.8 Å². The van der Waals surface area contributed by atoms with Gasteiger partial charge in [-0.15, -0.1) is 0 Å². The number of hydrogen-bond donors (Lipinski definition) is 1. The maximum atomic E-state index is 12.7. The molecule has 2 nitrogen and oxygen atoms in total. The zero-order valence-electron chi connectivity index (χ0n) is 9.60. The van der Waals surface area contributed by atoms with Gasteiger partial charge in [0, 0.05) is 8.59 Å². The number of anilines is 2. The minimum Gasteiger partial charge on any atom is -0.339 e. The zero-order chi connectivity index (χ0) is 14.9. The summed E-state index contributed by atoms with van der Waals surface area (Å²) in [6.45, 7) is 0. The molecule has 0 fully saturated rings. The number of hydrogen-bond acceptors (Lipinski definition) is 2. The molecule has 0 bridgehead atoms. The zero-order valence-corrected chi connectivity index (χ0v) is 13.3. The number of halogens is 6. The number of nitrogens with one attached hydrogen (secondary N) is 1. The van der Waals surface area contributed by atoms with Crippen LogP contribution in [0.5, 0.6) is 0 Å². The highest BCUT2D eigenvalue weighted by Gasteiger charge is 2.31. The lowest BCUT2D eigenvalue weighted by atomic mass is 10.2.